The van der Waals surface area contributed by atoms with Crippen LogP contribution in [-0.2, 0) is 19.1 Å². The molecule has 2 aliphatic carbocycles. The highest BCUT2D eigenvalue weighted by molar-refractivity contribution is 5.83. The molecular formula is C20H32N2O4. The maximum Gasteiger partial charge on any atom is 0.246 e. The normalized spacial score (nSPS) is 36.8. The van der Waals surface area contributed by atoms with Gasteiger partial charge in [0.25, 0.3) is 0 Å². The molecule has 2 bridgehead atoms. The second-order valence-electron chi connectivity index (χ2n) is 9.52. The van der Waals surface area contributed by atoms with Gasteiger partial charge in [0.2, 0.25) is 11.8 Å². The van der Waals surface area contributed by atoms with Crippen molar-refractivity contribution < 1.29 is 19.1 Å². The van der Waals surface area contributed by atoms with Crippen molar-refractivity contribution in [3.05, 3.63) is 0 Å². The van der Waals surface area contributed by atoms with E-state index in [0.717, 1.165) is 64.5 Å². The number of carbonyl (C=O) groups excluding carboxylic acids is 2. The summed E-state index contributed by atoms with van der Waals surface area (Å²) in [5.74, 6) is 0.246. The van der Waals surface area contributed by atoms with Crippen LogP contribution in [0.25, 0.3) is 0 Å². The Balaban J connectivity index is 1.45. The number of likely N-dealkylation sites (tertiary alicyclic amines) is 1. The molecule has 3 heterocycles. The molecule has 3 aliphatic heterocycles. The summed E-state index contributed by atoms with van der Waals surface area (Å²) in [4.78, 5) is 27.3. The maximum absolute atomic E-state index is 13.0. The number of carbonyl (C=O) groups is 2. The average Bonchev–Trinajstić information content (AvgIpc) is 3.16. The first-order chi connectivity index (χ1) is 12.3. The number of hydrogen-bond acceptors (Lipinski definition) is 4. The number of piperidine rings is 1. The first-order valence-electron chi connectivity index (χ1n) is 10.1. The molecule has 5 rings (SSSR count). The lowest BCUT2D eigenvalue weighted by Gasteiger charge is -2.50. The summed E-state index contributed by atoms with van der Waals surface area (Å²) < 4.78 is 11.5. The lowest BCUT2D eigenvalue weighted by Crippen LogP contribution is -2.68. The minimum absolute atomic E-state index is 0.0728. The lowest BCUT2D eigenvalue weighted by atomic mass is 9.60. The van der Waals surface area contributed by atoms with Crippen LogP contribution in [-0.4, -0.2) is 60.3 Å². The van der Waals surface area contributed by atoms with Crippen LogP contribution in [0, 0.1) is 5.41 Å². The SMILES string of the molecule is COCC(=O)NC12CC(C)(C1)OC21CCN(C(=O)C2(C)CCCC2)CC1. The van der Waals surface area contributed by atoms with Crippen LogP contribution in [0.4, 0.5) is 0 Å². The number of rotatable bonds is 4. The van der Waals surface area contributed by atoms with E-state index in [9.17, 15) is 9.59 Å². The van der Waals surface area contributed by atoms with Gasteiger partial charge in [-0.3, -0.25) is 9.59 Å². The van der Waals surface area contributed by atoms with Crippen molar-refractivity contribution in [2.45, 2.75) is 82.0 Å². The van der Waals surface area contributed by atoms with Crippen molar-refractivity contribution in [1.29, 1.82) is 0 Å². The molecule has 0 aromatic carbocycles. The Bertz CT molecular complexity index is 597. The largest absolute Gasteiger partial charge is 0.375 e. The van der Waals surface area contributed by atoms with Crippen molar-refractivity contribution >= 4 is 11.8 Å². The van der Waals surface area contributed by atoms with Gasteiger partial charge in [-0.1, -0.05) is 19.8 Å². The van der Waals surface area contributed by atoms with Gasteiger partial charge in [-0.05, 0) is 32.6 Å². The minimum atomic E-state index is -0.335. The standard InChI is InChI=1S/C20H32N2O4/c1-17(6-4-5-7-17)16(24)22-10-8-20(9-11-22)19(21-15(23)12-25-3)13-18(2,14-19)26-20/h4-14H2,1-3H3,(H,21,23). The molecule has 6 heteroatoms. The second-order valence-corrected chi connectivity index (χ2v) is 9.52. The summed E-state index contributed by atoms with van der Waals surface area (Å²) in [7, 11) is 1.54. The predicted molar refractivity (Wildman–Crippen MR) is 96.6 cm³/mol. The third-order valence-corrected chi connectivity index (χ3v) is 7.40. The fraction of sp³-hybridized carbons (Fsp3) is 0.900. The fourth-order valence-corrected chi connectivity index (χ4v) is 6.23. The van der Waals surface area contributed by atoms with E-state index in [-0.39, 0.29) is 34.7 Å². The van der Waals surface area contributed by atoms with Crippen LogP contribution in [0.1, 0.15) is 65.2 Å². The first-order valence-corrected chi connectivity index (χ1v) is 10.1. The van der Waals surface area contributed by atoms with Gasteiger partial charge in [0.15, 0.2) is 0 Å². The molecule has 0 unspecified atom stereocenters. The van der Waals surface area contributed by atoms with Gasteiger partial charge < -0.3 is 19.7 Å². The fourth-order valence-electron chi connectivity index (χ4n) is 6.23. The Labute approximate surface area is 156 Å². The average molecular weight is 364 g/mol. The molecule has 0 radical (unpaired) electrons. The first kappa shape index (κ1) is 18.2. The van der Waals surface area contributed by atoms with Crippen LogP contribution in [0.15, 0.2) is 0 Å². The van der Waals surface area contributed by atoms with Gasteiger partial charge >= 0.3 is 0 Å². The van der Waals surface area contributed by atoms with Gasteiger partial charge in [-0.25, -0.2) is 0 Å². The zero-order chi connectivity index (χ0) is 18.6. The Morgan fingerprint density at radius 2 is 1.69 bits per heavy atom. The summed E-state index contributed by atoms with van der Waals surface area (Å²) in [6.07, 6.45) is 7.68. The monoisotopic (exact) mass is 364 g/mol. The van der Waals surface area contributed by atoms with Gasteiger partial charge in [0.1, 0.15) is 6.61 Å². The minimum Gasteiger partial charge on any atom is -0.375 e. The molecule has 5 aliphatic rings. The van der Waals surface area contributed by atoms with Gasteiger partial charge in [0, 0.05) is 38.5 Å². The number of nitrogens with zero attached hydrogens (tertiary/aromatic N) is 1. The molecule has 0 aromatic heterocycles. The molecule has 3 saturated heterocycles. The van der Waals surface area contributed by atoms with Crippen molar-refractivity contribution in [2.24, 2.45) is 5.41 Å². The molecule has 146 valence electrons. The Hall–Kier alpha value is -1.14. The highest BCUT2D eigenvalue weighted by atomic mass is 16.5. The van der Waals surface area contributed by atoms with Crippen molar-refractivity contribution in [3.63, 3.8) is 0 Å². The van der Waals surface area contributed by atoms with E-state index in [0.29, 0.717) is 5.91 Å². The molecule has 0 atom stereocenters. The zero-order valence-corrected chi connectivity index (χ0v) is 16.4. The van der Waals surface area contributed by atoms with E-state index in [1.165, 1.54) is 7.11 Å². The maximum atomic E-state index is 13.0. The van der Waals surface area contributed by atoms with Gasteiger partial charge in [0.05, 0.1) is 16.7 Å². The summed E-state index contributed by atoms with van der Waals surface area (Å²) in [6, 6.07) is 0. The number of hydrogen-bond donors (Lipinski definition) is 1. The van der Waals surface area contributed by atoms with Crippen LogP contribution in [0.5, 0.6) is 0 Å². The highest BCUT2D eigenvalue weighted by Crippen LogP contribution is 2.63. The van der Waals surface area contributed by atoms with E-state index < -0.39 is 0 Å². The molecule has 2 amide bonds. The van der Waals surface area contributed by atoms with E-state index in [2.05, 4.69) is 19.2 Å². The molecule has 1 N–H and O–H groups in total. The third kappa shape index (κ3) is 2.60. The Morgan fingerprint density at radius 3 is 2.27 bits per heavy atom. The summed E-state index contributed by atoms with van der Waals surface area (Å²) in [5, 5.41) is 3.22. The van der Waals surface area contributed by atoms with E-state index in [1.807, 2.05) is 4.90 Å². The number of nitrogens with one attached hydrogen (secondary N) is 1. The van der Waals surface area contributed by atoms with Gasteiger partial charge in [-0.15, -0.1) is 0 Å². The zero-order valence-electron chi connectivity index (χ0n) is 16.4. The number of amides is 2. The van der Waals surface area contributed by atoms with E-state index >= 15 is 0 Å². The van der Waals surface area contributed by atoms with Crippen LogP contribution in [0.2, 0.25) is 0 Å². The quantitative estimate of drug-likeness (QED) is 0.829. The van der Waals surface area contributed by atoms with E-state index in [1.54, 1.807) is 0 Å². The number of methoxy groups -OCH3 is 1. The molecule has 0 aromatic rings. The van der Waals surface area contributed by atoms with E-state index in [4.69, 9.17) is 9.47 Å². The van der Waals surface area contributed by atoms with Crippen molar-refractivity contribution in [2.75, 3.05) is 26.8 Å². The second kappa shape index (κ2) is 5.93. The van der Waals surface area contributed by atoms with Crippen LogP contribution in [0.3, 0.4) is 0 Å². The highest BCUT2D eigenvalue weighted by Gasteiger charge is 2.73. The van der Waals surface area contributed by atoms with Crippen molar-refractivity contribution in [1.82, 2.24) is 10.2 Å². The summed E-state index contributed by atoms with van der Waals surface area (Å²) in [5.41, 5.74) is -0.925. The Morgan fingerprint density at radius 1 is 1.08 bits per heavy atom. The van der Waals surface area contributed by atoms with Crippen LogP contribution >= 0.6 is 0 Å². The molecule has 5 fully saturated rings. The molecular weight excluding hydrogens is 332 g/mol. The lowest BCUT2D eigenvalue weighted by molar-refractivity contribution is -0.148. The third-order valence-electron chi connectivity index (χ3n) is 7.40. The topological polar surface area (TPSA) is 67.9 Å². The van der Waals surface area contributed by atoms with Crippen molar-refractivity contribution in [3.8, 4) is 0 Å². The Kier molecular flexibility index (Phi) is 4.16. The summed E-state index contributed by atoms with van der Waals surface area (Å²) in [6.45, 7) is 5.80. The summed E-state index contributed by atoms with van der Waals surface area (Å²) >= 11 is 0. The van der Waals surface area contributed by atoms with Crippen LogP contribution < -0.4 is 5.32 Å². The number of ether oxygens (including phenoxy) is 2. The molecule has 1 spiro atoms. The molecule has 2 saturated carbocycles. The predicted octanol–water partition coefficient (Wildman–Crippen LogP) is 2.01. The van der Waals surface area contributed by atoms with Gasteiger partial charge in [-0.2, -0.15) is 0 Å². The molecule has 6 nitrogen and oxygen atoms in total. The smallest absolute Gasteiger partial charge is 0.246 e. The molecule has 26 heavy (non-hydrogen) atoms.